The molecule has 0 aliphatic rings. The SMILES string of the molecule is O=C(Cc1c[nH]c2cc(Cl)ccc12)NC(C(=O)Nc1ccn[nH]1)c1ccccc1. The summed E-state index contributed by atoms with van der Waals surface area (Å²) in [6.07, 6.45) is 3.44. The molecule has 0 aliphatic carbocycles. The van der Waals surface area contributed by atoms with Gasteiger partial charge in [-0.2, -0.15) is 5.10 Å². The molecule has 4 N–H and O–H groups in total. The summed E-state index contributed by atoms with van der Waals surface area (Å²) in [6, 6.07) is 15.3. The number of halogens is 1. The fourth-order valence-corrected chi connectivity index (χ4v) is 3.34. The van der Waals surface area contributed by atoms with Crippen molar-refractivity contribution in [1.29, 1.82) is 0 Å². The smallest absolute Gasteiger partial charge is 0.252 e. The van der Waals surface area contributed by atoms with Crippen molar-refractivity contribution in [3.63, 3.8) is 0 Å². The lowest BCUT2D eigenvalue weighted by atomic mass is 10.0. The zero-order chi connectivity index (χ0) is 20.2. The van der Waals surface area contributed by atoms with Crippen molar-refractivity contribution in [2.45, 2.75) is 12.5 Å². The first-order valence-corrected chi connectivity index (χ1v) is 9.38. The van der Waals surface area contributed by atoms with Gasteiger partial charge in [-0.1, -0.05) is 48.0 Å². The normalized spacial score (nSPS) is 11.9. The molecule has 4 aromatic rings. The summed E-state index contributed by atoms with van der Waals surface area (Å²) in [4.78, 5) is 28.7. The van der Waals surface area contributed by atoms with E-state index < -0.39 is 6.04 Å². The molecule has 8 heteroatoms. The number of carbonyl (C=O) groups is 2. The van der Waals surface area contributed by atoms with Crippen LogP contribution in [0.3, 0.4) is 0 Å². The van der Waals surface area contributed by atoms with Crippen LogP contribution in [0.1, 0.15) is 17.2 Å². The number of fused-ring (bicyclic) bond motifs is 1. The molecular formula is C21H18ClN5O2. The Morgan fingerprint density at radius 1 is 1.10 bits per heavy atom. The molecule has 4 rings (SSSR count). The van der Waals surface area contributed by atoms with E-state index in [1.54, 1.807) is 30.5 Å². The van der Waals surface area contributed by atoms with Crippen LogP contribution in [-0.4, -0.2) is 27.0 Å². The molecule has 0 spiro atoms. The number of rotatable bonds is 6. The minimum absolute atomic E-state index is 0.127. The van der Waals surface area contributed by atoms with Gasteiger partial charge in [0.2, 0.25) is 5.91 Å². The molecule has 29 heavy (non-hydrogen) atoms. The highest BCUT2D eigenvalue weighted by atomic mass is 35.5. The number of hydrogen-bond acceptors (Lipinski definition) is 3. The number of hydrogen-bond donors (Lipinski definition) is 4. The summed E-state index contributed by atoms with van der Waals surface area (Å²) in [5.41, 5.74) is 2.37. The van der Waals surface area contributed by atoms with Crippen LogP contribution in [0.4, 0.5) is 5.82 Å². The predicted molar refractivity (Wildman–Crippen MR) is 112 cm³/mol. The number of aromatic nitrogens is 3. The monoisotopic (exact) mass is 407 g/mol. The number of amides is 2. The maximum absolute atomic E-state index is 12.8. The van der Waals surface area contributed by atoms with Gasteiger partial charge < -0.3 is 15.6 Å². The summed E-state index contributed by atoms with van der Waals surface area (Å²) in [6.45, 7) is 0. The van der Waals surface area contributed by atoms with Gasteiger partial charge in [-0.15, -0.1) is 0 Å². The molecule has 0 saturated carbocycles. The van der Waals surface area contributed by atoms with Crippen LogP contribution in [0, 0.1) is 0 Å². The second-order valence-corrected chi connectivity index (χ2v) is 6.99. The fourth-order valence-electron chi connectivity index (χ4n) is 3.17. The lowest BCUT2D eigenvalue weighted by molar-refractivity contribution is -0.126. The number of nitrogens with one attached hydrogen (secondary N) is 4. The lowest BCUT2D eigenvalue weighted by Gasteiger charge is -2.18. The number of H-pyrrole nitrogens is 2. The fraction of sp³-hybridized carbons (Fsp3) is 0.0952. The first-order chi connectivity index (χ1) is 14.1. The van der Waals surface area contributed by atoms with Crippen molar-refractivity contribution in [3.8, 4) is 0 Å². The van der Waals surface area contributed by atoms with E-state index in [4.69, 9.17) is 11.6 Å². The molecule has 0 saturated heterocycles. The van der Waals surface area contributed by atoms with Gasteiger partial charge in [0.05, 0.1) is 12.6 Å². The van der Waals surface area contributed by atoms with E-state index in [-0.39, 0.29) is 18.2 Å². The molecule has 0 bridgehead atoms. The third-order valence-electron chi connectivity index (χ3n) is 4.54. The second-order valence-electron chi connectivity index (χ2n) is 6.55. The summed E-state index contributed by atoms with van der Waals surface area (Å²) in [7, 11) is 0. The average molecular weight is 408 g/mol. The highest BCUT2D eigenvalue weighted by Gasteiger charge is 2.23. The Balaban J connectivity index is 1.53. The van der Waals surface area contributed by atoms with E-state index in [1.807, 2.05) is 30.3 Å². The predicted octanol–water partition coefficient (Wildman–Crippen LogP) is 3.58. The zero-order valence-corrected chi connectivity index (χ0v) is 16.0. The Labute approximate surface area is 171 Å². The third-order valence-corrected chi connectivity index (χ3v) is 4.77. The highest BCUT2D eigenvalue weighted by molar-refractivity contribution is 6.31. The zero-order valence-electron chi connectivity index (χ0n) is 15.3. The van der Waals surface area contributed by atoms with Crippen LogP contribution >= 0.6 is 11.6 Å². The second kappa shape index (κ2) is 8.20. The van der Waals surface area contributed by atoms with E-state index in [0.29, 0.717) is 16.4 Å². The van der Waals surface area contributed by atoms with Crippen LogP contribution in [0.2, 0.25) is 5.02 Å². The molecule has 2 heterocycles. The van der Waals surface area contributed by atoms with Gasteiger partial charge in [-0.05, 0) is 23.3 Å². The van der Waals surface area contributed by atoms with Crippen molar-refractivity contribution < 1.29 is 9.59 Å². The largest absolute Gasteiger partial charge is 0.361 e. The summed E-state index contributed by atoms with van der Waals surface area (Å²) in [5, 5.41) is 13.6. The van der Waals surface area contributed by atoms with E-state index >= 15 is 0 Å². The minimum atomic E-state index is -0.841. The van der Waals surface area contributed by atoms with Crippen LogP contribution < -0.4 is 10.6 Å². The van der Waals surface area contributed by atoms with Gasteiger partial charge in [-0.25, -0.2) is 0 Å². The minimum Gasteiger partial charge on any atom is -0.361 e. The molecule has 146 valence electrons. The topological polar surface area (TPSA) is 103 Å². The van der Waals surface area contributed by atoms with Gasteiger partial charge >= 0.3 is 0 Å². The average Bonchev–Trinajstić information content (AvgIpc) is 3.36. The Bertz CT molecular complexity index is 1140. The van der Waals surface area contributed by atoms with Crippen molar-refractivity contribution in [3.05, 3.63) is 83.1 Å². The molecule has 1 atom stereocenters. The number of nitrogens with zero attached hydrogens (tertiary/aromatic N) is 1. The van der Waals surface area contributed by atoms with Gasteiger partial charge in [-0.3, -0.25) is 14.7 Å². The van der Waals surface area contributed by atoms with E-state index in [9.17, 15) is 9.59 Å². The Morgan fingerprint density at radius 2 is 1.93 bits per heavy atom. The summed E-state index contributed by atoms with van der Waals surface area (Å²) < 4.78 is 0. The van der Waals surface area contributed by atoms with Crippen LogP contribution in [0.25, 0.3) is 10.9 Å². The van der Waals surface area contributed by atoms with Gasteiger partial charge in [0.15, 0.2) is 0 Å². The highest BCUT2D eigenvalue weighted by Crippen LogP contribution is 2.23. The number of benzene rings is 2. The van der Waals surface area contributed by atoms with E-state index in [2.05, 4.69) is 25.8 Å². The molecular weight excluding hydrogens is 390 g/mol. The van der Waals surface area contributed by atoms with Gasteiger partial charge in [0.25, 0.3) is 5.91 Å². The van der Waals surface area contributed by atoms with E-state index in [1.165, 1.54) is 6.20 Å². The first-order valence-electron chi connectivity index (χ1n) is 9.00. The quantitative estimate of drug-likeness (QED) is 0.392. The van der Waals surface area contributed by atoms with Crippen molar-refractivity contribution in [2.24, 2.45) is 0 Å². The molecule has 7 nitrogen and oxygen atoms in total. The summed E-state index contributed by atoms with van der Waals surface area (Å²) in [5.74, 6) is -0.173. The van der Waals surface area contributed by atoms with Crippen molar-refractivity contribution in [2.75, 3.05) is 5.32 Å². The molecule has 0 radical (unpaired) electrons. The maximum atomic E-state index is 12.8. The van der Waals surface area contributed by atoms with Crippen LogP contribution in [0.15, 0.2) is 67.0 Å². The Hall–Kier alpha value is -3.58. The molecule has 0 fully saturated rings. The lowest BCUT2D eigenvalue weighted by Crippen LogP contribution is -2.37. The number of aromatic amines is 2. The molecule has 2 aromatic heterocycles. The third kappa shape index (κ3) is 4.30. The van der Waals surface area contributed by atoms with Crippen LogP contribution in [0.5, 0.6) is 0 Å². The van der Waals surface area contributed by atoms with Gasteiger partial charge in [0.1, 0.15) is 11.9 Å². The Kier molecular flexibility index (Phi) is 5.31. The first kappa shape index (κ1) is 18.8. The van der Waals surface area contributed by atoms with Crippen molar-refractivity contribution >= 4 is 40.1 Å². The molecule has 2 amide bonds. The van der Waals surface area contributed by atoms with Crippen molar-refractivity contribution in [1.82, 2.24) is 20.5 Å². The summed E-state index contributed by atoms with van der Waals surface area (Å²) >= 11 is 6.01. The molecule has 0 aliphatic heterocycles. The maximum Gasteiger partial charge on any atom is 0.252 e. The van der Waals surface area contributed by atoms with Crippen LogP contribution in [-0.2, 0) is 16.0 Å². The van der Waals surface area contributed by atoms with E-state index in [0.717, 1.165) is 16.5 Å². The standard InChI is InChI=1S/C21H18ClN5O2/c22-15-6-7-16-14(12-23-17(16)11-15)10-19(28)26-20(13-4-2-1-3-5-13)21(29)25-18-8-9-24-27-18/h1-9,11-12,20,23H,10H2,(H,26,28)(H2,24,25,27,29). The van der Waals surface area contributed by atoms with Gasteiger partial charge in [0, 0.05) is 28.2 Å². The molecule has 2 aromatic carbocycles. The molecule has 1 unspecified atom stereocenters. The number of carbonyl (C=O) groups excluding carboxylic acids is 2. The Morgan fingerprint density at radius 3 is 2.69 bits per heavy atom. The number of anilines is 1.